The van der Waals surface area contributed by atoms with Crippen molar-refractivity contribution in [3.05, 3.63) is 55.8 Å². The third-order valence-corrected chi connectivity index (χ3v) is 3.79. The lowest BCUT2D eigenvalue weighted by Gasteiger charge is -2.15. The second kappa shape index (κ2) is 5.09. The first-order valence-corrected chi connectivity index (χ1v) is 6.78. The van der Waals surface area contributed by atoms with E-state index in [2.05, 4.69) is 69.0 Å². The summed E-state index contributed by atoms with van der Waals surface area (Å²) in [6.45, 7) is 0. The lowest BCUT2D eigenvalue weighted by atomic mass is 10.0. The van der Waals surface area contributed by atoms with Crippen molar-refractivity contribution in [2.75, 3.05) is 7.05 Å². The number of nitrogens with one attached hydrogen (secondary N) is 1. The largest absolute Gasteiger partial charge is 0.309 e. The van der Waals surface area contributed by atoms with Crippen molar-refractivity contribution in [3.8, 4) is 0 Å². The summed E-state index contributed by atoms with van der Waals surface area (Å²) in [6, 6.07) is 11.1. The molecule has 0 bridgehead atoms. The maximum absolute atomic E-state index is 3.34. The zero-order valence-electron chi connectivity index (χ0n) is 8.41. The molecule has 78 valence electrons. The van der Waals surface area contributed by atoms with Gasteiger partial charge < -0.3 is 5.32 Å². The van der Waals surface area contributed by atoms with Gasteiger partial charge in [0, 0.05) is 3.57 Å². The van der Waals surface area contributed by atoms with E-state index in [1.165, 1.54) is 14.7 Å². The van der Waals surface area contributed by atoms with Gasteiger partial charge in [-0.3, -0.25) is 0 Å². The summed E-state index contributed by atoms with van der Waals surface area (Å²) in [5.41, 5.74) is 2.65. The molecule has 1 unspecified atom stereocenters. The molecule has 1 atom stereocenters. The first-order valence-electron chi connectivity index (χ1n) is 4.76. The summed E-state index contributed by atoms with van der Waals surface area (Å²) >= 11 is 4.07. The molecule has 0 saturated heterocycles. The first kappa shape index (κ1) is 11.1. The SMILES string of the molecule is CNC(c1ccc(I)cc1)c1ccsc1. The maximum Gasteiger partial charge on any atom is 0.0582 e. The molecule has 2 aromatic rings. The highest BCUT2D eigenvalue weighted by atomic mass is 127. The number of hydrogen-bond donors (Lipinski definition) is 1. The van der Waals surface area contributed by atoms with Crippen LogP contribution in [0.25, 0.3) is 0 Å². The molecule has 3 heteroatoms. The predicted molar refractivity (Wildman–Crippen MR) is 74.4 cm³/mol. The Bertz CT molecular complexity index is 408. The van der Waals surface area contributed by atoms with Crippen LogP contribution in [0.3, 0.4) is 0 Å². The molecule has 0 fully saturated rings. The summed E-state index contributed by atoms with van der Waals surface area (Å²) in [7, 11) is 2.00. The Labute approximate surface area is 108 Å². The molecule has 2 rings (SSSR count). The van der Waals surface area contributed by atoms with E-state index < -0.39 is 0 Å². The van der Waals surface area contributed by atoms with Crippen molar-refractivity contribution in [3.63, 3.8) is 0 Å². The van der Waals surface area contributed by atoms with Crippen LogP contribution >= 0.6 is 33.9 Å². The van der Waals surface area contributed by atoms with Gasteiger partial charge in [0.2, 0.25) is 0 Å². The van der Waals surface area contributed by atoms with Gasteiger partial charge in [0.15, 0.2) is 0 Å². The molecule has 1 N–H and O–H groups in total. The molecule has 0 saturated carbocycles. The number of hydrogen-bond acceptors (Lipinski definition) is 2. The van der Waals surface area contributed by atoms with Gasteiger partial charge in [-0.25, -0.2) is 0 Å². The normalized spacial score (nSPS) is 12.7. The Kier molecular flexibility index (Phi) is 3.77. The van der Waals surface area contributed by atoms with Gasteiger partial charge in [-0.2, -0.15) is 11.3 Å². The zero-order chi connectivity index (χ0) is 10.7. The molecule has 1 aromatic heterocycles. The van der Waals surface area contributed by atoms with Crippen LogP contribution in [-0.2, 0) is 0 Å². The smallest absolute Gasteiger partial charge is 0.0582 e. The van der Waals surface area contributed by atoms with Gasteiger partial charge >= 0.3 is 0 Å². The fourth-order valence-electron chi connectivity index (χ4n) is 1.62. The van der Waals surface area contributed by atoms with Gasteiger partial charge in [0.05, 0.1) is 6.04 Å². The van der Waals surface area contributed by atoms with Crippen LogP contribution in [0, 0.1) is 3.57 Å². The predicted octanol–water partition coefficient (Wildman–Crippen LogP) is 3.66. The minimum Gasteiger partial charge on any atom is -0.309 e. The summed E-state index contributed by atoms with van der Waals surface area (Å²) in [5.74, 6) is 0. The first-order chi connectivity index (χ1) is 7.31. The average Bonchev–Trinajstić information content (AvgIpc) is 2.75. The van der Waals surface area contributed by atoms with Crippen LogP contribution < -0.4 is 5.32 Å². The molecule has 1 aromatic carbocycles. The third-order valence-electron chi connectivity index (χ3n) is 2.37. The molecule has 0 amide bonds. The van der Waals surface area contributed by atoms with Gasteiger partial charge in [0.25, 0.3) is 0 Å². The Morgan fingerprint density at radius 2 is 1.87 bits per heavy atom. The number of benzene rings is 1. The van der Waals surface area contributed by atoms with Gasteiger partial charge in [0.1, 0.15) is 0 Å². The van der Waals surface area contributed by atoms with E-state index in [4.69, 9.17) is 0 Å². The summed E-state index contributed by atoms with van der Waals surface area (Å²) in [6.07, 6.45) is 0. The second-order valence-corrected chi connectivity index (χ2v) is 5.36. The third kappa shape index (κ3) is 2.59. The highest BCUT2D eigenvalue weighted by Crippen LogP contribution is 2.24. The van der Waals surface area contributed by atoms with Crippen LogP contribution in [0.4, 0.5) is 0 Å². The van der Waals surface area contributed by atoms with Gasteiger partial charge in [-0.05, 0) is 69.7 Å². The number of thiophene rings is 1. The lowest BCUT2D eigenvalue weighted by Crippen LogP contribution is -2.16. The highest BCUT2D eigenvalue weighted by Gasteiger charge is 2.11. The monoisotopic (exact) mass is 329 g/mol. The quantitative estimate of drug-likeness (QED) is 0.848. The van der Waals surface area contributed by atoms with Crippen LogP contribution in [0.2, 0.25) is 0 Å². The maximum atomic E-state index is 3.34. The van der Waals surface area contributed by atoms with Crippen molar-refractivity contribution in [1.29, 1.82) is 0 Å². The van der Waals surface area contributed by atoms with E-state index in [0.29, 0.717) is 6.04 Å². The van der Waals surface area contributed by atoms with E-state index >= 15 is 0 Å². The van der Waals surface area contributed by atoms with Crippen molar-refractivity contribution in [2.24, 2.45) is 0 Å². The molecule has 15 heavy (non-hydrogen) atoms. The Morgan fingerprint density at radius 3 is 2.40 bits per heavy atom. The molecule has 1 nitrogen and oxygen atoms in total. The van der Waals surface area contributed by atoms with Crippen LogP contribution in [0.15, 0.2) is 41.1 Å². The Balaban J connectivity index is 2.31. The fraction of sp³-hybridized carbons (Fsp3) is 0.167. The van der Waals surface area contributed by atoms with E-state index in [1.54, 1.807) is 11.3 Å². The summed E-state index contributed by atoms with van der Waals surface area (Å²) in [4.78, 5) is 0. The Hall–Kier alpha value is -0.390. The minimum absolute atomic E-state index is 0.313. The molecule has 0 aliphatic heterocycles. The molecule has 0 aliphatic carbocycles. The molecular weight excluding hydrogens is 317 g/mol. The minimum atomic E-state index is 0.313. The standard InChI is InChI=1S/C12H12INS/c1-14-12(10-6-7-15-8-10)9-2-4-11(13)5-3-9/h2-8,12,14H,1H3. The fourth-order valence-corrected chi connectivity index (χ4v) is 2.67. The van der Waals surface area contributed by atoms with E-state index in [1.807, 2.05) is 7.05 Å². The Morgan fingerprint density at radius 1 is 1.13 bits per heavy atom. The molecule has 0 radical (unpaired) electrons. The van der Waals surface area contributed by atoms with Crippen molar-refractivity contribution < 1.29 is 0 Å². The van der Waals surface area contributed by atoms with E-state index in [9.17, 15) is 0 Å². The van der Waals surface area contributed by atoms with Crippen LogP contribution in [0.5, 0.6) is 0 Å². The number of halogens is 1. The average molecular weight is 329 g/mol. The summed E-state index contributed by atoms with van der Waals surface area (Å²) in [5, 5.41) is 7.66. The zero-order valence-corrected chi connectivity index (χ0v) is 11.4. The molecular formula is C12H12INS. The van der Waals surface area contributed by atoms with Crippen molar-refractivity contribution in [1.82, 2.24) is 5.32 Å². The van der Waals surface area contributed by atoms with E-state index in [0.717, 1.165) is 0 Å². The van der Waals surface area contributed by atoms with Crippen LogP contribution in [-0.4, -0.2) is 7.05 Å². The molecule has 0 aliphatic rings. The lowest BCUT2D eigenvalue weighted by molar-refractivity contribution is 0.694. The second-order valence-electron chi connectivity index (χ2n) is 3.33. The summed E-state index contributed by atoms with van der Waals surface area (Å²) < 4.78 is 1.27. The highest BCUT2D eigenvalue weighted by molar-refractivity contribution is 14.1. The van der Waals surface area contributed by atoms with Gasteiger partial charge in [-0.15, -0.1) is 0 Å². The number of rotatable bonds is 3. The molecule has 0 spiro atoms. The topological polar surface area (TPSA) is 12.0 Å². The van der Waals surface area contributed by atoms with Crippen molar-refractivity contribution in [2.45, 2.75) is 6.04 Å². The van der Waals surface area contributed by atoms with Gasteiger partial charge in [-0.1, -0.05) is 12.1 Å². The van der Waals surface area contributed by atoms with E-state index in [-0.39, 0.29) is 0 Å². The van der Waals surface area contributed by atoms with Crippen LogP contribution in [0.1, 0.15) is 17.2 Å². The molecule has 1 heterocycles. The van der Waals surface area contributed by atoms with Crippen molar-refractivity contribution >= 4 is 33.9 Å².